The van der Waals surface area contributed by atoms with E-state index < -0.39 is 0 Å². The van der Waals surface area contributed by atoms with E-state index in [4.69, 9.17) is 11.6 Å². The molecular formula is C15H8ClFN. The molecule has 0 aliphatic carbocycles. The van der Waals surface area contributed by atoms with Crippen molar-refractivity contribution in [2.24, 2.45) is 0 Å². The van der Waals surface area contributed by atoms with E-state index in [1.807, 2.05) is 24.3 Å². The standard InChI is InChI=1S/C15H8ClFN/c16-11-6-7-13(17)12(9-11)15-8-5-10-3-1-2-4-14(10)18-15/h1-4,6-9H. The predicted molar refractivity (Wildman–Crippen MR) is 71.0 cm³/mol. The van der Waals surface area contributed by atoms with Gasteiger partial charge in [-0.05, 0) is 36.4 Å². The van der Waals surface area contributed by atoms with Crippen molar-refractivity contribution in [3.8, 4) is 11.3 Å². The minimum atomic E-state index is -0.337. The highest BCUT2D eigenvalue weighted by Crippen LogP contribution is 2.26. The van der Waals surface area contributed by atoms with E-state index in [1.165, 1.54) is 12.1 Å². The Morgan fingerprint density at radius 1 is 1.11 bits per heavy atom. The Hall–Kier alpha value is -1.93. The molecule has 0 aliphatic rings. The summed E-state index contributed by atoms with van der Waals surface area (Å²) in [4.78, 5) is 4.42. The van der Waals surface area contributed by atoms with Gasteiger partial charge < -0.3 is 0 Å². The number of aromatic nitrogens is 1. The molecule has 0 unspecified atom stereocenters. The smallest absolute Gasteiger partial charge is 0.132 e. The second-order valence-corrected chi connectivity index (χ2v) is 4.36. The lowest BCUT2D eigenvalue weighted by atomic mass is 10.1. The van der Waals surface area contributed by atoms with Gasteiger partial charge in [-0.25, -0.2) is 9.37 Å². The van der Waals surface area contributed by atoms with Crippen molar-refractivity contribution in [2.45, 2.75) is 0 Å². The first-order valence-electron chi connectivity index (χ1n) is 5.47. The van der Waals surface area contributed by atoms with Crippen LogP contribution in [-0.2, 0) is 0 Å². The number of benzene rings is 2. The van der Waals surface area contributed by atoms with E-state index in [0.717, 1.165) is 10.9 Å². The fourth-order valence-electron chi connectivity index (χ4n) is 1.83. The first-order chi connectivity index (χ1) is 8.74. The third-order valence-electron chi connectivity index (χ3n) is 2.71. The Bertz CT molecular complexity index is 725. The molecule has 0 N–H and O–H groups in total. The average Bonchev–Trinajstić information content (AvgIpc) is 2.41. The predicted octanol–water partition coefficient (Wildman–Crippen LogP) is 4.49. The SMILES string of the molecule is Fc1ccc(Cl)cc1-c1c[c]c2ccccc2n1. The number of hydrogen-bond donors (Lipinski definition) is 0. The monoisotopic (exact) mass is 256 g/mol. The minimum absolute atomic E-state index is 0.337. The van der Waals surface area contributed by atoms with Crippen LogP contribution in [0.3, 0.4) is 0 Å². The summed E-state index contributed by atoms with van der Waals surface area (Å²) in [5.41, 5.74) is 1.72. The van der Waals surface area contributed by atoms with Gasteiger partial charge >= 0.3 is 0 Å². The highest BCUT2D eigenvalue weighted by atomic mass is 35.5. The minimum Gasteiger partial charge on any atom is -0.248 e. The Morgan fingerprint density at radius 3 is 2.83 bits per heavy atom. The molecule has 0 amide bonds. The molecule has 1 nitrogen and oxygen atoms in total. The Balaban J connectivity index is 2.22. The van der Waals surface area contributed by atoms with Crippen LogP contribution >= 0.6 is 11.6 Å². The number of halogens is 2. The van der Waals surface area contributed by atoms with E-state index in [2.05, 4.69) is 11.1 Å². The average molecular weight is 257 g/mol. The fraction of sp³-hybridized carbons (Fsp3) is 0. The van der Waals surface area contributed by atoms with Crippen LogP contribution in [0.1, 0.15) is 0 Å². The van der Waals surface area contributed by atoms with Crippen LogP contribution in [0.5, 0.6) is 0 Å². The molecule has 3 rings (SSSR count). The van der Waals surface area contributed by atoms with E-state index in [0.29, 0.717) is 16.3 Å². The molecule has 0 saturated heterocycles. The lowest BCUT2D eigenvalue weighted by molar-refractivity contribution is 0.631. The van der Waals surface area contributed by atoms with E-state index in [-0.39, 0.29) is 5.82 Å². The van der Waals surface area contributed by atoms with Gasteiger partial charge in [-0.2, -0.15) is 0 Å². The highest BCUT2D eigenvalue weighted by Gasteiger charge is 2.08. The third kappa shape index (κ3) is 1.95. The molecule has 0 saturated carbocycles. The molecule has 0 fully saturated rings. The van der Waals surface area contributed by atoms with Crippen molar-refractivity contribution in [1.29, 1.82) is 0 Å². The lowest BCUT2D eigenvalue weighted by Crippen LogP contribution is -1.89. The van der Waals surface area contributed by atoms with Crippen LogP contribution in [-0.4, -0.2) is 4.98 Å². The number of pyridine rings is 1. The van der Waals surface area contributed by atoms with Gasteiger partial charge in [0.1, 0.15) is 5.82 Å². The first kappa shape index (κ1) is 11.2. The van der Waals surface area contributed by atoms with Crippen molar-refractivity contribution in [3.05, 3.63) is 65.4 Å². The summed E-state index contributed by atoms with van der Waals surface area (Å²) in [5.74, 6) is -0.337. The fourth-order valence-corrected chi connectivity index (χ4v) is 2.01. The highest BCUT2D eigenvalue weighted by molar-refractivity contribution is 6.30. The summed E-state index contributed by atoms with van der Waals surface area (Å²) in [6, 6.07) is 16.8. The van der Waals surface area contributed by atoms with Crippen LogP contribution in [0.15, 0.2) is 48.5 Å². The molecular weight excluding hydrogens is 249 g/mol. The lowest BCUT2D eigenvalue weighted by Gasteiger charge is -2.04. The van der Waals surface area contributed by atoms with Crippen molar-refractivity contribution in [1.82, 2.24) is 4.98 Å². The van der Waals surface area contributed by atoms with Crippen molar-refractivity contribution in [3.63, 3.8) is 0 Å². The van der Waals surface area contributed by atoms with Gasteiger partial charge in [0.15, 0.2) is 0 Å². The topological polar surface area (TPSA) is 12.9 Å². The Labute approximate surface area is 109 Å². The molecule has 1 radical (unpaired) electrons. The quantitative estimate of drug-likeness (QED) is 0.625. The van der Waals surface area contributed by atoms with Crippen LogP contribution in [0.4, 0.5) is 4.39 Å². The van der Waals surface area contributed by atoms with Crippen LogP contribution < -0.4 is 0 Å². The Morgan fingerprint density at radius 2 is 1.94 bits per heavy atom. The molecule has 1 aromatic heterocycles. The molecule has 0 bridgehead atoms. The number of rotatable bonds is 1. The van der Waals surface area contributed by atoms with Crippen LogP contribution in [0, 0.1) is 11.9 Å². The zero-order valence-electron chi connectivity index (χ0n) is 9.32. The maximum atomic E-state index is 13.7. The second kappa shape index (κ2) is 4.39. The van der Waals surface area contributed by atoms with Gasteiger partial charge in [-0.15, -0.1) is 0 Å². The Kier molecular flexibility index (Phi) is 2.73. The summed E-state index contributed by atoms with van der Waals surface area (Å²) in [6.45, 7) is 0. The zero-order chi connectivity index (χ0) is 12.5. The molecule has 18 heavy (non-hydrogen) atoms. The van der Waals surface area contributed by atoms with Crippen LogP contribution in [0.2, 0.25) is 5.02 Å². The molecule has 0 atom stereocenters. The number of fused-ring (bicyclic) bond motifs is 1. The summed E-state index contributed by atoms with van der Waals surface area (Å²) < 4.78 is 13.7. The molecule has 0 aliphatic heterocycles. The van der Waals surface area contributed by atoms with E-state index in [1.54, 1.807) is 12.1 Å². The van der Waals surface area contributed by atoms with Crippen molar-refractivity contribution < 1.29 is 4.39 Å². The maximum Gasteiger partial charge on any atom is 0.132 e. The third-order valence-corrected chi connectivity index (χ3v) is 2.95. The molecule has 87 valence electrons. The summed E-state index contributed by atoms with van der Waals surface area (Å²) in [5, 5.41) is 1.39. The zero-order valence-corrected chi connectivity index (χ0v) is 10.1. The van der Waals surface area contributed by atoms with Gasteiger partial charge in [0.25, 0.3) is 0 Å². The molecule has 0 spiro atoms. The number of nitrogens with zero attached hydrogens (tertiary/aromatic N) is 1. The van der Waals surface area contributed by atoms with Gasteiger partial charge in [-0.1, -0.05) is 29.8 Å². The van der Waals surface area contributed by atoms with Gasteiger partial charge in [0, 0.05) is 16.0 Å². The molecule has 3 heteroatoms. The van der Waals surface area contributed by atoms with Crippen LogP contribution in [0.25, 0.3) is 22.2 Å². The van der Waals surface area contributed by atoms with E-state index in [9.17, 15) is 4.39 Å². The molecule has 2 aromatic carbocycles. The van der Waals surface area contributed by atoms with E-state index >= 15 is 0 Å². The largest absolute Gasteiger partial charge is 0.248 e. The second-order valence-electron chi connectivity index (χ2n) is 3.93. The summed E-state index contributed by atoms with van der Waals surface area (Å²) in [6.07, 6.45) is 0. The normalized spacial score (nSPS) is 10.8. The van der Waals surface area contributed by atoms with Crippen molar-refractivity contribution in [2.75, 3.05) is 0 Å². The maximum absolute atomic E-state index is 13.7. The van der Waals surface area contributed by atoms with Gasteiger partial charge in [0.2, 0.25) is 0 Å². The summed E-state index contributed by atoms with van der Waals surface area (Å²) in [7, 11) is 0. The molecule has 1 heterocycles. The molecule has 3 aromatic rings. The number of hydrogen-bond acceptors (Lipinski definition) is 1. The summed E-state index contributed by atoms with van der Waals surface area (Å²) >= 11 is 5.88. The number of para-hydroxylation sites is 1. The van der Waals surface area contributed by atoms with Crippen molar-refractivity contribution >= 4 is 22.5 Å². The first-order valence-corrected chi connectivity index (χ1v) is 5.85. The van der Waals surface area contributed by atoms with Gasteiger partial charge in [0.05, 0.1) is 11.2 Å². The van der Waals surface area contributed by atoms with Gasteiger partial charge in [-0.3, -0.25) is 0 Å².